The summed E-state index contributed by atoms with van der Waals surface area (Å²) in [5, 5.41) is 8.93. The summed E-state index contributed by atoms with van der Waals surface area (Å²) in [6, 6.07) is 11.6. The molecule has 0 bridgehead atoms. The highest BCUT2D eigenvalue weighted by molar-refractivity contribution is 9.10. The van der Waals surface area contributed by atoms with E-state index < -0.39 is 5.91 Å². The van der Waals surface area contributed by atoms with E-state index in [2.05, 4.69) is 15.9 Å². The van der Waals surface area contributed by atoms with E-state index in [1.54, 1.807) is 36.4 Å². The fourth-order valence-corrected chi connectivity index (χ4v) is 2.83. The lowest BCUT2D eigenvalue weighted by Gasteiger charge is -2.13. The van der Waals surface area contributed by atoms with E-state index in [9.17, 15) is 9.18 Å². The van der Waals surface area contributed by atoms with E-state index in [0.29, 0.717) is 27.8 Å². The molecule has 2 rings (SSSR count). The van der Waals surface area contributed by atoms with Crippen LogP contribution in [-0.2, 0) is 11.2 Å². The number of hydrogen-bond donors (Lipinski definition) is 1. The molecule has 122 valence electrons. The SMILES string of the molecule is COc1cc(/C=C(\C#N)C(N)=O)cc(Br)c1Cc1ccccc1F. The summed E-state index contributed by atoms with van der Waals surface area (Å²) in [7, 11) is 1.50. The molecule has 0 saturated heterocycles. The number of hydrogen-bond acceptors (Lipinski definition) is 3. The van der Waals surface area contributed by atoms with Gasteiger partial charge in [-0.25, -0.2) is 4.39 Å². The number of nitrogens with two attached hydrogens (primary N) is 1. The summed E-state index contributed by atoms with van der Waals surface area (Å²) < 4.78 is 19.9. The van der Waals surface area contributed by atoms with Gasteiger partial charge in [0.15, 0.2) is 0 Å². The Labute approximate surface area is 147 Å². The first-order valence-electron chi connectivity index (χ1n) is 6.97. The molecule has 4 nitrogen and oxygen atoms in total. The standard InChI is InChI=1S/C18H14BrFN2O2/c1-24-17-8-11(6-13(10-21)18(22)23)7-15(19)14(17)9-12-4-2-3-5-16(12)20/h2-8H,9H2,1H3,(H2,22,23)/b13-6+. The molecule has 6 heteroatoms. The van der Waals surface area contributed by atoms with Crippen LogP contribution in [0.4, 0.5) is 4.39 Å². The van der Waals surface area contributed by atoms with Crippen LogP contribution in [0.1, 0.15) is 16.7 Å². The normalized spacial score (nSPS) is 11.0. The van der Waals surface area contributed by atoms with Crippen molar-refractivity contribution in [2.24, 2.45) is 5.73 Å². The van der Waals surface area contributed by atoms with Crippen molar-refractivity contribution in [3.63, 3.8) is 0 Å². The fourth-order valence-electron chi connectivity index (χ4n) is 2.23. The molecule has 2 N–H and O–H groups in total. The maximum atomic E-state index is 13.9. The fraction of sp³-hybridized carbons (Fsp3) is 0.111. The molecule has 0 fully saturated rings. The first kappa shape index (κ1) is 17.7. The number of nitriles is 1. The van der Waals surface area contributed by atoms with Crippen molar-refractivity contribution in [1.29, 1.82) is 5.26 Å². The van der Waals surface area contributed by atoms with Crippen molar-refractivity contribution in [1.82, 2.24) is 0 Å². The number of carbonyl (C=O) groups excluding carboxylic acids is 1. The minimum absolute atomic E-state index is 0.161. The Morgan fingerprint density at radius 1 is 1.42 bits per heavy atom. The molecule has 0 aliphatic heterocycles. The van der Waals surface area contributed by atoms with Crippen LogP contribution < -0.4 is 10.5 Å². The van der Waals surface area contributed by atoms with Gasteiger partial charge in [-0.1, -0.05) is 34.1 Å². The van der Waals surface area contributed by atoms with Gasteiger partial charge in [0.05, 0.1) is 7.11 Å². The van der Waals surface area contributed by atoms with E-state index in [1.807, 2.05) is 0 Å². The largest absolute Gasteiger partial charge is 0.496 e. The number of amides is 1. The van der Waals surface area contributed by atoms with Crippen molar-refractivity contribution in [3.8, 4) is 11.8 Å². The van der Waals surface area contributed by atoms with E-state index in [4.69, 9.17) is 15.7 Å². The molecule has 0 heterocycles. The lowest BCUT2D eigenvalue weighted by Crippen LogP contribution is -2.12. The van der Waals surface area contributed by atoms with Crippen LogP contribution in [0.25, 0.3) is 6.08 Å². The van der Waals surface area contributed by atoms with Crippen LogP contribution in [0.15, 0.2) is 46.4 Å². The zero-order valence-corrected chi connectivity index (χ0v) is 14.4. The summed E-state index contributed by atoms with van der Waals surface area (Å²) in [5.74, 6) is -0.584. The van der Waals surface area contributed by atoms with Crippen LogP contribution in [0.5, 0.6) is 5.75 Å². The maximum absolute atomic E-state index is 13.9. The number of nitrogens with zero attached hydrogens (tertiary/aromatic N) is 1. The topological polar surface area (TPSA) is 76.1 Å². The van der Waals surface area contributed by atoms with Gasteiger partial charge in [0.2, 0.25) is 0 Å². The highest BCUT2D eigenvalue weighted by Crippen LogP contribution is 2.32. The van der Waals surface area contributed by atoms with Crippen molar-refractivity contribution in [2.75, 3.05) is 7.11 Å². The molecule has 0 aliphatic rings. The van der Waals surface area contributed by atoms with Gasteiger partial charge in [0.25, 0.3) is 5.91 Å². The monoisotopic (exact) mass is 388 g/mol. The zero-order chi connectivity index (χ0) is 17.7. The lowest BCUT2D eigenvalue weighted by molar-refractivity contribution is -0.114. The van der Waals surface area contributed by atoms with Crippen molar-refractivity contribution >= 4 is 27.9 Å². The number of benzene rings is 2. The molecular weight excluding hydrogens is 375 g/mol. The van der Waals surface area contributed by atoms with Crippen LogP contribution in [0.3, 0.4) is 0 Å². The Morgan fingerprint density at radius 3 is 2.71 bits per heavy atom. The summed E-state index contributed by atoms with van der Waals surface area (Å²) in [4.78, 5) is 11.2. The van der Waals surface area contributed by atoms with Gasteiger partial charge in [-0.15, -0.1) is 0 Å². The minimum Gasteiger partial charge on any atom is -0.496 e. The second-order valence-electron chi connectivity index (χ2n) is 4.99. The summed E-state index contributed by atoms with van der Waals surface area (Å²) in [6.45, 7) is 0. The van der Waals surface area contributed by atoms with Gasteiger partial charge >= 0.3 is 0 Å². The molecule has 2 aromatic carbocycles. The molecule has 0 radical (unpaired) electrons. The van der Waals surface area contributed by atoms with Crippen molar-refractivity contribution < 1.29 is 13.9 Å². The van der Waals surface area contributed by atoms with Gasteiger partial charge in [0.1, 0.15) is 23.2 Å². The first-order valence-corrected chi connectivity index (χ1v) is 7.77. The van der Waals surface area contributed by atoms with Crippen molar-refractivity contribution in [3.05, 3.63) is 69.0 Å². The van der Waals surface area contributed by atoms with Gasteiger partial charge in [-0.2, -0.15) is 5.26 Å². The molecule has 0 aromatic heterocycles. The molecule has 2 aromatic rings. The quantitative estimate of drug-likeness (QED) is 0.628. The van der Waals surface area contributed by atoms with Crippen LogP contribution >= 0.6 is 15.9 Å². The number of primary amides is 1. The van der Waals surface area contributed by atoms with Crippen LogP contribution in [0.2, 0.25) is 0 Å². The first-order chi connectivity index (χ1) is 11.5. The van der Waals surface area contributed by atoms with E-state index in [1.165, 1.54) is 19.3 Å². The van der Waals surface area contributed by atoms with Crippen molar-refractivity contribution in [2.45, 2.75) is 6.42 Å². The van der Waals surface area contributed by atoms with Gasteiger partial charge < -0.3 is 10.5 Å². The summed E-state index contributed by atoms with van der Waals surface area (Å²) in [5.41, 5.74) is 6.85. The number of halogens is 2. The number of rotatable bonds is 5. The third-order valence-electron chi connectivity index (χ3n) is 3.42. The predicted molar refractivity (Wildman–Crippen MR) is 92.7 cm³/mol. The molecule has 0 unspecified atom stereocenters. The second-order valence-corrected chi connectivity index (χ2v) is 5.84. The summed E-state index contributed by atoms with van der Waals surface area (Å²) >= 11 is 3.44. The Bertz CT molecular complexity index is 857. The van der Waals surface area contributed by atoms with E-state index in [0.717, 1.165) is 5.56 Å². The Morgan fingerprint density at radius 2 is 2.12 bits per heavy atom. The van der Waals surface area contributed by atoms with Gasteiger partial charge in [0, 0.05) is 16.5 Å². The molecular formula is C18H14BrFN2O2. The van der Waals surface area contributed by atoms with E-state index in [-0.39, 0.29) is 11.4 Å². The maximum Gasteiger partial charge on any atom is 0.259 e. The Balaban J connectivity index is 2.47. The molecule has 1 amide bonds. The highest BCUT2D eigenvalue weighted by atomic mass is 79.9. The predicted octanol–water partition coefficient (Wildman–Crippen LogP) is 3.58. The molecule has 0 aliphatic carbocycles. The summed E-state index contributed by atoms with van der Waals surface area (Å²) in [6.07, 6.45) is 1.71. The Kier molecular flexibility index (Phi) is 5.72. The average Bonchev–Trinajstić information content (AvgIpc) is 2.56. The van der Waals surface area contributed by atoms with Gasteiger partial charge in [-0.05, 0) is 35.4 Å². The smallest absolute Gasteiger partial charge is 0.259 e. The number of ether oxygens (including phenoxy) is 1. The van der Waals surface area contributed by atoms with E-state index >= 15 is 0 Å². The molecule has 0 spiro atoms. The Hall–Kier alpha value is -2.65. The highest BCUT2D eigenvalue weighted by Gasteiger charge is 2.13. The zero-order valence-electron chi connectivity index (χ0n) is 12.8. The van der Waals surface area contributed by atoms with Gasteiger partial charge in [-0.3, -0.25) is 4.79 Å². The molecule has 0 saturated carbocycles. The number of methoxy groups -OCH3 is 1. The third-order valence-corrected chi connectivity index (χ3v) is 4.13. The molecule has 0 atom stereocenters. The minimum atomic E-state index is -0.803. The second kappa shape index (κ2) is 7.75. The van der Waals surface area contributed by atoms with Crippen LogP contribution in [-0.4, -0.2) is 13.0 Å². The third kappa shape index (κ3) is 4.00. The van der Waals surface area contributed by atoms with Crippen LogP contribution in [0, 0.1) is 17.1 Å². The average molecular weight is 389 g/mol. The molecule has 24 heavy (non-hydrogen) atoms. The number of carbonyl (C=O) groups is 1. The lowest BCUT2D eigenvalue weighted by atomic mass is 10.0.